The Morgan fingerprint density at radius 1 is 1.25 bits per heavy atom. The predicted octanol–water partition coefficient (Wildman–Crippen LogP) is 3.20. The number of hydrogen-bond donors (Lipinski definition) is 2. The number of benzene rings is 1. The van der Waals surface area contributed by atoms with E-state index in [-0.39, 0.29) is 5.91 Å². The maximum absolute atomic E-state index is 12.2. The largest absolute Gasteiger partial charge is 0.391 e. The Labute approximate surface area is 146 Å². The molecular formula is C20H32N2O2. The molecule has 0 saturated heterocycles. The van der Waals surface area contributed by atoms with Crippen LogP contribution < -0.4 is 5.32 Å². The fourth-order valence-corrected chi connectivity index (χ4v) is 3.46. The van der Waals surface area contributed by atoms with Gasteiger partial charge in [-0.2, -0.15) is 0 Å². The second-order valence-electron chi connectivity index (χ2n) is 7.18. The Kier molecular flexibility index (Phi) is 7.25. The number of amides is 1. The van der Waals surface area contributed by atoms with Crippen molar-refractivity contribution in [1.82, 2.24) is 10.2 Å². The molecule has 1 aromatic rings. The maximum Gasteiger partial charge on any atom is 0.251 e. The summed E-state index contributed by atoms with van der Waals surface area (Å²) in [5.74, 6) is 0.249. The van der Waals surface area contributed by atoms with Crippen molar-refractivity contribution in [1.29, 1.82) is 0 Å². The Morgan fingerprint density at radius 3 is 2.42 bits per heavy atom. The highest BCUT2D eigenvalue weighted by Gasteiger charge is 2.23. The van der Waals surface area contributed by atoms with Crippen molar-refractivity contribution >= 4 is 5.91 Å². The highest BCUT2D eigenvalue weighted by Crippen LogP contribution is 2.27. The lowest BCUT2D eigenvalue weighted by Gasteiger charge is -2.24. The molecule has 1 unspecified atom stereocenters. The van der Waals surface area contributed by atoms with Crippen LogP contribution in [0.15, 0.2) is 24.3 Å². The standard InChI is InChI=1S/C20H32N2O2/c1-4-22(15(2)3)14-16-9-11-18(12-10-16)20(24)21-13-19(23)17-7-5-6-8-17/h9-12,15,17,19,23H,4-8,13-14H2,1-3H3,(H,21,24). The SMILES string of the molecule is CCN(Cc1ccc(C(=O)NCC(O)C2CCCC2)cc1)C(C)C. The number of nitrogens with zero attached hydrogens (tertiary/aromatic N) is 1. The Balaban J connectivity index is 1.84. The highest BCUT2D eigenvalue weighted by atomic mass is 16.3. The lowest BCUT2D eigenvalue weighted by Crippen LogP contribution is -2.35. The first kappa shape index (κ1) is 18.9. The summed E-state index contributed by atoms with van der Waals surface area (Å²) in [6.45, 7) is 8.82. The molecule has 0 aliphatic heterocycles. The van der Waals surface area contributed by atoms with Crippen LogP contribution in [0.1, 0.15) is 62.4 Å². The van der Waals surface area contributed by atoms with Crippen molar-refractivity contribution in [3.8, 4) is 0 Å². The summed E-state index contributed by atoms with van der Waals surface area (Å²) >= 11 is 0. The first-order valence-electron chi connectivity index (χ1n) is 9.30. The summed E-state index contributed by atoms with van der Waals surface area (Å²) < 4.78 is 0. The molecule has 134 valence electrons. The molecule has 1 amide bonds. The fourth-order valence-electron chi connectivity index (χ4n) is 3.46. The zero-order valence-corrected chi connectivity index (χ0v) is 15.3. The van der Waals surface area contributed by atoms with Crippen LogP contribution in [-0.2, 0) is 6.54 Å². The monoisotopic (exact) mass is 332 g/mol. The van der Waals surface area contributed by atoms with Crippen LogP contribution >= 0.6 is 0 Å². The molecule has 24 heavy (non-hydrogen) atoms. The van der Waals surface area contributed by atoms with Gasteiger partial charge < -0.3 is 10.4 Å². The van der Waals surface area contributed by atoms with E-state index in [1.54, 1.807) is 0 Å². The number of aliphatic hydroxyl groups is 1. The van der Waals surface area contributed by atoms with Crippen LogP contribution in [-0.4, -0.2) is 41.1 Å². The zero-order chi connectivity index (χ0) is 17.5. The van der Waals surface area contributed by atoms with Gasteiger partial charge in [-0.25, -0.2) is 0 Å². The summed E-state index contributed by atoms with van der Waals surface area (Å²) in [7, 11) is 0. The van der Waals surface area contributed by atoms with E-state index in [2.05, 4.69) is 31.0 Å². The maximum atomic E-state index is 12.2. The van der Waals surface area contributed by atoms with Crippen molar-refractivity contribution in [2.24, 2.45) is 5.92 Å². The van der Waals surface area contributed by atoms with E-state index in [4.69, 9.17) is 0 Å². The van der Waals surface area contributed by atoms with Crippen molar-refractivity contribution in [2.45, 2.75) is 65.1 Å². The molecule has 0 radical (unpaired) electrons. The van der Waals surface area contributed by atoms with E-state index < -0.39 is 6.10 Å². The van der Waals surface area contributed by atoms with E-state index in [1.165, 1.54) is 18.4 Å². The molecule has 0 spiro atoms. The van der Waals surface area contributed by atoms with Gasteiger partial charge in [0, 0.05) is 24.7 Å². The number of aliphatic hydroxyl groups excluding tert-OH is 1. The molecule has 1 aliphatic rings. The van der Waals surface area contributed by atoms with Gasteiger partial charge in [-0.3, -0.25) is 9.69 Å². The summed E-state index contributed by atoms with van der Waals surface area (Å²) in [4.78, 5) is 14.6. The molecule has 1 aliphatic carbocycles. The van der Waals surface area contributed by atoms with Gasteiger partial charge in [0.05, 0.1) is 6.10 Å². The second kappa shape index (κ2) is 9.19. The summed E-state index contributed by atoms with van der Waals surface area (Å²) in [5, 5.41) is 13.0. The minimum Gasteiger partial charge on any atom is -0.391 e. The quantitative estimate of drug-likeness (QED) is 0.769. The normalized spacial score (nSPS) is 16.8. The lowest BCUT2D eigenvalue weighted by molar-refractivity contribution is 0.0840. The molecule has 1 saturated carbocycles. The number of carbonyl (C=O) groups is 1. The topological polar surface area (TPSA) is 52.6 Å². The van der Waals surface area contributed by atoms with Gasteiger partial charge in [-0.05, 0) is 56.8 Å². The van der Waals surface area contributed by atoms with Gasteiger partial charge in [-0.1, -0.05) is 31.9 Å². The van der Waals surface area contributed by atoms with Crippen LogP contribution in [0.25, 0.3) is 0 Å². The fraction of sp³-hybridized carbons (Fsp3) is 0.650. The third-order valence-electron chi connectivity index (χ3n) is 5.15. The molecule has 2 rings (SSSR count). The minimum atomic E-state index is -0.417. The number of carbonyl (C=O) groups excluding carboxylic acids is 1. The molecule has 0 aromatic heterocycles. The summed E-state index contributed by atoms with van der Waals surface area (Å²) in [6, 6.07) is 8.30. The van der Waals surface area contributed by atoms with Crippen LogP contribution in [0.2, 0.25) is 0 Å². The number of rotatable bonds is 8. The van der Waals surface area contributed by atoms with Gasteiger partial charge >= 0.3 is 0 Å². The van der Waals surface area contributed by atoms with Gasteiger partial charge in [-0.15, -0.1) is 0 Å². The van der Waals surface area contributed by atoms with Crippen LogP contribution in [0.3, 0.4) is 0 Å². The summed E-state index contributed by atoms with van der Waals surface area (Å²) in [5.41, 5.74) is 1.87. The molecule has 1 atom stereocenters. The minimum absolute atomic E-state index is 0.102. The Morgan fingerprint density at radius 2 is 1.88 bits per heavy atom. The molecule has 1 fully saturated rings. The lowest BCUT2D eigenvalue weighted by atomic mass is 10.0. The van der Waals surface area contributed by atoms with Crippen LogP contribution in [0.4, 0.5) is 0 Å². The molecule has 0 bridgehead atoms. The second-order valence-corrected chi connectivity index (χ2v) is 7.18. The first-order valence-corrected chi connectivity index (χ1v) is 9.30. The van der Waals surface area contributed by atoms with Gasteiger partial charge in [0.1, 0.15) is 0 Å². The van der Waals surface area contributed by atoms with E-state index in [1.807, 2.05) is 24.3 Å². The third kappa shape index (κ3) is 5.32. The smallest absolute Gasteiger partial charge is 0.251 e. The Bertz CT molecular complexity index is 507. The van der Waals surface area contributed by atoms with Crippen molar-refractivity contribution in [2.75, 3.05) is 13.1 Å². The van der Waals surface area contributed by atoms with E-state index >= 15 is 0 Å². The van der Waals surface area contributed by atoms with Crippen molar-refractivity contribution < 1.29 is 9.90 Å². The van der Waals surface area contributed by atoms with Crippen molar-refractivity contribution in [3.05, 3.63) is 35.4 Å². The molecular weight excluding hydrogens is 300 g/mol. The van der Waals surface area contributed by atoms with Crippen LogP contribution in [0, 0.1) is 5.92 Å². The van der Waals surface area contributed by atoms with E-state index in [0.29, 0.717) is 24.1 Å². The summed E-state index contributed by atoms with van der Waals surface area (Å²) in [6.07, 6.45) is 4.13. The molecule has 2 N–H and O–H groups in total. The number of nitrogens with one attached hydrogen (secondary N) is 1. The van der Waals surface area contributed by atoms with Gasteiger partial charge in [0.2, 0.25) is 0 Å². The van der Waals surface area contributed by atoms with Gasteiger partial charge in [0.25, 0.3) is 5.91 Å². The van der Waals surface area contributed by atoms with E-state index in [0.717, 1.165) is 25.9 Å². The van der Waals surface area contributed by atoms with Crippen LogP contribution in [0.5, 0.6) is 0 Å². The zero-order valence-electron chi connectivity index (χ0n) is 15.3. The molecule has 4 nitrogen and oxygen atoms in total. The van der Waals surface area contributed by atoms with Crippen molar-refractivity contribution in [3.63, 3.8) is 0 Å². The molecule has 1 aromatic carbocycles. The Hall–Kier alpha value is -1.39. The number of hydrogen-bond acceptors (Lipinski definition) is 3. The third-order valence-corrected chi connectivity index (χ3v) is 5.15. The average molecular weight is 332 g/mol. The first-order chi connectivity index (χ1) is 11.5. The average Bonchev–Trinajstić information content (AvgIpc) is 3.12. The molecule has 0 heterocycles. The van der Waals surface area contributed by atoms with E-state index in [9.17, 15) is 9.90 Å². The van der Waals surface area contributed by atoms with Gasteiger partial charge in [0.15, 0.2) is 0 Å². The predicted molar refractivity (Wildman–Crippen MR) is 98.0 cm³/mol. The molecule has 4 heteroatoms. The highest BCUT2D eigenvalue weighted by molar-refractivity contribution is 5.94.